The minimum absolute atomic E-state index is 0.330. The van der Waals surface area contributed by atoms with Gasteiger partial charge >= 0.3 is 5.97 Å². The second-order valence-electron chi connectivity index (χ2n) is 5.44. The fraction of sp³-hybridized carbons (Fsp3) is 0.222. The molecule has 0 N–H and O–H groups in total. The van der Waals surface area contributed by atoms with Crippen molar-refractivity contribution in [2.75, 3.05) is 6.61 Å². The first-order chi connectivity index (χ1) is 11.0. The lowest BCUT2D eigenvalue weighted by Crippen LogP contribution is -2.12. The predicted octanol–water partition coefficient (Wildman–Crippen LogP) is 4.58. The standard InChI is InChI=1S/C18H17BrN2O2/c1-4-23-18(22)17-15-10-11(2)9-12(3)16(15)20-21(17)14-7-5-13(19)6-8-14/h5-10H,4H2,1-3H3. The van der Waals surface area contributed by atoms with Crippen molar-refractivity contribution in [2.24, 2.45) is 0 Å². The number of rotatable bonds is 3. The first-order valence-electron chi connectivity index (χ1n) is 7.44. The monoisotopic (exact) mass is 372 g/mol. The van der Waals surface area contributed by atoms with E-state index in [1.807, 2.05) is 44.2 Å². The van der Waals surface area contributed by atoms with E-state index in [1.165, 1.54) is 0 Å². The summed E-state index contributed by atoms with van der Waals surface area (Å²) in [6.45, 7) is 6.15. The van der Waals surface area contributed by atoms with Crippen molar-refractivity contribution in [1.29, 1.82) is 0 Å². The summed E-state index contributed by atoms with van der Waals surface area (Å²) in [4.78, 5) is 12.5. The molecule has 118 valence electrons. The maximum absolute atomic E-state index is 12.5. The number of carbonyl (C=O) groups is 1. The molecular formula is C18H17BrN2O2. The van der Waals surface area contributed by atoms with Gasteiger partial charge in [-0.25, -0.2) is 9.48 Å². The van der Waals surface area contributed by atoms with Gasteiger partial charge in [-0.15, -0.1) is 0 Å². The van der Waals surface area contributed by atoms with Crippen LogP contribution in [0.5, 0.6) is 0 Å². The molecule has 0 amide bonds. The molecule has 0 spiro atoms. The quantitative estimate of drug-likeness (QED) is 0.631. The van der Waals surface area contributed by atoms with E-state index in [2.05, 4.69) is 27.1 Å². The number of halogens is 1. The molecule has 0 aliphatic rings. The number of nitrogens with zero attached hydrogens (tertiary/aromatic N) is 2. The van der Waals surface area contributed by atoms with Crippen LogP contribution >= 0.6 is 15.9 Å². The molecule has 0 saturated heterocycles. The first kappa shape index (κ1) is 15.7. The largest absolute Gasteiger partial charge is 0.461 e. The maximum Gasteiger partial charge on any atom is 0.357 e. The van der Waals surface area contributed by atoms with Crippen molar-refractivity contribution in [2.45, 2.75) is 20.8 Å². The highest BCUT2D eigenvalue weighted by Crippen LogP contribution is 2.27. The van der Waals surface area contributed by atoms with Crippen LogP contribution in [0, 0.1) is 13.8 Å². The van der Waals surface area contributed by atoms with Crippen LogP contribution in [0.3, 0.4) is 0 Å². The Balaban J connectivity index is 2.31. The van der Waals surface area contributed by atoms with Crippen LogP contribution < -0.4 is 0 Å². The van der Waals surface area contributed by atoms with E-state index in [1.54, 1.807) is 11.6 Å². The van der Waals surface area contributed by atoms with Gasteiger partial charge in [-0.05, 0) is 56.7 Å². The van der Waals surface area contributed by atoms with E-state index in [4.69, 9.17) is 4.74 Å². The average Bonchev–Trinajstić information content (AvgIpc) is 2.88. The number of esters is 1. The molecule has 0 fully saturated rings. The normalized spacial score (nSPS) is 11.0. The Labute approximate surface area is 143 Å². The average molecular weight is 373 g/mol. The van der Waals surface area contributed by atoms with Crippen molar-refractivity contribution >= 4 is 32.8 Å². The summed E-state index contributed by atoms with van der Waals surface area (Å²) in [7, 11) is 0. The van der Waals surface area contributed by atoms with Crippen LogP contribution in [-0.2, 0) is 4.74 Å². The van der Waals surface area contributed by atoms with Gasteiger partial charge < -0.3 is 4.74 Å². The minimum atomic E-state index is -0.358. The van der Waals surface area contributed by atoms with Crippen LogP contribution in [0.4, 0.5) is 0 Å². The number of aryl methyl sites for hydroxylation is 2. The van der Waals surface area contributed by atoms with E-state index in [-0.39, 0.29) is 5.97 Å². The van der Waals surface area contributed by atoms with Crippen LogP contribution in [0.2, 0.25) is 0 Å². The Morgan fingerprint density at radius 3 is 2.57 bits per heavy atom. The number of carbonyl (C=O) groups excluding carboxylic acids is 1. The van der Waals surface area contributed by atoms with Crippen molar-refractivity contribution in [3.05, 3.63) is 57.7 Å². The van der Waals surface area contributed by atoms with E-state index in [0.29, 0.717) is 12.3 Å². The Morgan fingerprint density at radius 1 is 1.22 bits per heavy atom. The molecule has 4 nitrogen and oxygen atoms in total. The lowest BCUT2D eigenvalue weighted by Gasteiger charge is -2.07. The summed E-state index contributed by atoms with van der Waals surface area (Å²) >= 11 is 3.42. The van der Waals surface area contributed by atoms with Crippen LogP contribution in [0.15, 0.2) is 40.9 Å². The molecule has 1 heterocycles. The Kier molecular flexibility index (Phi) is 4.22. The molecule has 0 aliphatic carbocycles. The van der Waals surface area contributed by atoms with Gasteiger partial charge in [0.1, 0.15) is 0 Å². The molecular weight excluding hydrogens is 356 g/mol. The highest BCUT2D eigenvalue weighted by molar-refractivity contribution is 9.10. The highest BCUT2D eigenvalue weighted by Gasteiger charge is 2.22. The number of fused-ring (bicyclic) bond motifs is 1. The highest BCUT2D eigenvalue weighted by atomic mass is 79.9. The van der Waals surface area contributed by atoms with Crippen molar-refractivity contribution in [3.63, 3.8) is 0 Å². The second-order valence-corrected chi connectivity index (χ2v) is 6.35. The van der Waals surface area contributed by atoms with Gasteiger partial charge in [-0.1, -0.05) is 27.6 Å². The van der Waals surface area contributed by atoms with Gasteiger partial charge in [0, 0.05) is 9.86 Å². The van der Waals surface area contributed by atoms with Crippen LogP contribution in [-0.4, -0.2) is 22.4 Å². The number of aromatic nitrogens is 2. The molecule has 0 bridgehead atoms. The molecule has 0 aliphatic heterocycles. The summed E-state index contributed by atoms with van der Waals surface area (Å²) < 4.78 is 7.89. The molecule has 3 aromatic rings. The number of ether oxygens (including phenoxy) is 1. The van der Waals surface area contributed by atoms with Gasteiger partial charge in [-0.2, -0.15) is 5.10 Å². The molecule has 0 unspecified atom stereocenters. The smallest absolute Gasteiger partial charge is 0.357 e. The van der Waals surface area contributed by atoms with E-state index < -0.39 is 0 Å². The fourth-order valence-corrected chi connectivity index (χ4v) is 2.97. The minimum Gasteiger partial charge on any atom is -0.461 e. The van der Waals surface area contributed by atoms with Crippen molar-refractivity contribution in [1.82, 2.24) is 9.78 Å². The summed E-state index contributed by atoms with van der Waals surface area (Å²) in [5.41, 5.74) is 4.25. The molecule has 5 heteroatoms. The van der Waals surface area contributed by atoms with Gasteiger partial charge in [0.15, 0.2) is 5.69 Å². The summed E-state index contributed by atoms with van der Waals surface area (Å²) in [5.74, 6) is -0.358. The number of hydrogen-bond acceptors (Lipinski definition) is 3. The third-order valence-electron chi connectivity index (χ3n) is 3.65. The zero-order valence-corrected chi connectivity index (χ0v) is 14.8. The molecule has 3 rings (SSSR count). The molecule has 0 atom stereocenters. The molecule has 0 radical (unpaired) electrons. The first-order valence-corrected chi connectivity index (χ1v) is 8.23. The fourth-order valence-electron chi connectivity index (χ4n) is 2.70. The Morgan fingerprint density at radius 2 is 1.91 bits per heavy atom. The number of hydrogen-bond donors (Lipinski definition) is 0. The zero-order chi connectivity index (χ0) is 16.6. The SMILES string of the molecule is CCOC(=O)c1c2cc(C)cc(C)c2nn1-c1ccc(Br)cc1. The van der Waals surface area contributed by atoms with E-state index in [9.17, 15) is 4.79 Å². The molecule has 2 aromatic carbocycles. The topological polar surface area (TPSA) is 44.1 Å². The Bertz CT molecular complexity index is 882. The van der Waals surface area contributed by atoms with Crippen molar-refractivity contribution in [3.8, 4) is 5.69 Å². The lowest BCUT2D eigenvalue weighted by molar-refractivity contribution is 0.0518. The maximum atomic E-state index is 12.5. The zero-order valence-electron chi connectivity index (χ0n) is 13.3. The van der Waals surface area contributed by atoms with E-state index >= 15 is 0 Å². The van der Waals surface area contributed by atoms with Crippen LogP contribution in [0.1, 0.15) is 28.5 Å². The molecule has 1 aromatic heterocycles. The van der Waals surface area contributed by atoms with Crippen LogP contribution in [0.25, 0.3) is 16.6 Å². The third-order valence-corrected chi connectivity index (χ3v) is 4.18. The van der Waals surface area contributed by atoms with Gasteiger partial charge in [0.25, 0.3) is 0 Å². The predicted molar refractivity (Wildman–Crippen MR) is 94.2 cm³/mol. The lowest BCUT2D eigenvalue weighted by atomic mass is 10.1. The van der Waals surface area contributed by atoms with Gasteiger partial charge in [-0.3, -0.25) is 0 Å². The van der Waals surface area contributed by atoms with Crippen molar-refractivity contribution < 1.29 is 9.53 Å². The summed E-state index contributed by atoms with van der Waals surface area (Å²) in [5, 5.41) is 5.48. The Hall–Kier alpha value is -2.14. The molecule has 23 heavy (non-hydrogen) atoms. The van der Waals surface area contributed by atoms with Gasteiger partial charge in [0.05, 0.1) is 17.8 Å². The summed E-state index contributed by atoms with van der Waals surface area (Å²) in [6.07, 6.45) is 0. The number of benzene rings is 2. The summed E-state index contributed by atoms with van der Waals surface area (Å²) in [6, 6.07) is 11.7. The second kappa shape index (κ2) is 6.16. The van der Waals surface area contributed by atoms with Gasteiger partial charge in [0.2, 0.25) is 0 Å². The third kappa shape index (κ3) is 2.88. The molecule has 0 saturated carbocycles. The van der Waals surface area contributed by atoms with E-state index in [0.717, 1.165) is 32.2 Å².